The van der Waals surface area contributed by atoms with Crippen molar-refractivity contribution >= 4 is 17.3 Å². The molecule has 3 rings (SSSR count). The lowest BCUT2D eigenvalue weighted by atomic mass is 10.2. The summed E-state index contributed by atoms with van der Waals surface area (Å²) in [6, 6.07) is 14.0. The number of hydrogen-bond donors (Lipinski definition) is 2. The Bertz CT molecular complexity index is 995. The van der Waals surface area contributed by atoms with E-state index in [4.69, 9.17) is 9.15 Å². The summed E-state index contributed by atoms with van der Waals surface area (Å²) in [6.07, 6.45) is 0. The quantitative estimate of drug-likeness (QED) is 0.385. The number of aryl methyl sites for hydroxylation is 1. The molecule has 2 aromatic carbocycles. The average Bonchev–Trinajstić information content (AvgIpc) is 3.11. The molecule has 8 heteroatoms. The standard InChI is InChI=1S/C19H16N2O6/c1-12-3-2-4-14(9-12)26-11-15-6-8-18(27-15)19(23)20-16-7-5-13(21(24)25)10-17(16)22/h2-10,22H,11H2,1H3,(H,20,23). The first-order valence-electron chi connectivity index (χ1n) is 7.99. The van der Waals surface area contributed by atoms with Gasteiger partial charge in [-0.25, -0.2) is 0 Å². The molecule has 1 heterocycles. The molecular formula is C19H16N2O6. The number of carbonyl (C=O) groups is 1. The summed E-state index contributed by atoms with van der Waals surface area (Å²) in [5.74, 6) is 0.159. The number of anilines is 1. The van der Waals surface area contributed by atoms with Crippen molar-refractivity contribution in [3.63, 3.8) is 0 Å². The lowest BCUT2D eigenvalue weighted by Gasteiger charge is -2.06. The molecule has 0 spiro atoms. The number of ether oxygens (including phenoxy) is 1. The van der Waals surface area contributed by atoms with Crippen molar-refractivity contribution in [2.24, 2.45) is 0 Å². The molecule has 0 aliphatic rings. The van der Waals surface area contributed by atoms with E-state index in [9.17, 15) is 20.0 Å². The maximum absolute atomic E-state index is 12.2. The van der Waals surface area contributed by atoms with Gasteiger partial charge in [-0.3, -0.25) is 14.9 Å². The summed E-state index contributed by atoms with van der Waals surface area (Å²) in [6.45, 7) is 2.11. The lowest BCUT2D eigenvalue weighted by molar-refractivity contribution is -0.384. The van der Waals surface area contributed by atoms with E-state index in [2.05, 4.69) is 5.32 Å². The molecule has 27 heavy (non-hydrogen) atoms. The second-order valence-electron chi connectivity index (χ2n) is 5.78. The van der Waals surface area contributed by atoms with E-state index in [-0.39, 0.29) is 23.7 Å². The number of aromatic hydroxyl groups is 1. The van der Waals surface area contributed by atoms with E-state index < -0.39 is 16.6 Å². The number of amides is 1. The minimum atomic E-state index is -0.641. The monoisotopic (exact) mass is 368 g/mol. The lowest BCUT2D eigenvalue weighted by Crippen LogP contribution is -2.11. The topological polar surface area (TPSA) is 115 Å². The van der Waals surface area contributed by atoms with E-state index in [0.29, 0.717) is 11.5 Å². The number of carbonyl (C=O) groups excluding carboxylic acids is 1. The summed E-state index contributed by atoms with van der Waals surface area (Å²) < 4.78 is 11.1. The van der Waals surface area contributed by atoms with Crippen molar-refractivity contribution in [2.75, 3.05) is 5.32 Å². The highest BCUT2D eigenvalue weighted by atomic mass is 16.6. The fourth-order valence-electron chi connectivity index (χ4n) is 2.36. The first-order valence-corrected chi connectivity index (χ1v) is 7.99. The Kier molecular flexibility index (Phi) is 5.07. The first-order chi connectivity index (χ1) is 12.9. The van der Waals surface area contributed by atoms with Crippen LogP contribution >= 0.6 is 0 Å². The van der Waals surface area contributed by atoms with E-state index >= 15 is 0 Å². The number of rotatable bonds is 6. The number of benzene rings is 2. The van der Waals surface area contributed by atoms with Crippen LogP contribution in [-0.2, 0) is 6.61 Å². The molecule has 0 aliphatic heterocycles. The number of nitro groups is 1. The molecule has 0 bridgehead atoms. The Balaban J connectivity index is 1.64. The van der Waals surface area contributed by atoms with E-state index in [1.54, 1.807) is 6.07 Å². The van der Waals surface area contributed by atoms with E-state index in [1.807, 2.05) is 31.2 Å². The summed E-state index contributed by atoms with van der Waals surface area (Å²) >= 11 is 0. The highest BCUT2D eigenvalue weighted by Gasteiger charge is 2.16. The highest BCUT2D eigenvalue weighted by molar-refractivity contribution is 6.03. The van der Waals surface area contributed by atoms with Crippen LogP contribution < -0.4 is 10.1 Å². The number of phenols is 1. The van der Waals surface area contributed by atoms with Crippen LogP contribution in [0.15, 0.2) is 59.0 Å². The predicted octanol–water partition coefficient (Wildman–Crippen LogP) is 4.03. The summed E-state index contributed by atoms with van der Waals surface area (Å²) in [7, 11) is 0. The molecule has 0 atom stereocenters. The van der Waals surface area contributed by atoms with Gasteiger partial charge in [0.1, 0.15) is 23.9 Å². The second kappa shape index (κ2) is 7.61. The van der Waals surface area contributed by atoms with Gasteiger partial charge in [-0.15, -0.1) is 0 Å². The van der Waals surface area contributed by atoms with Crippen molar-refractivity contribution in [1.29, 1.82) is 0 Å². The number of nitro benzene ring substituents is 1. The zero-order valence-corrected chi connectivity index (χ0v) is 14.3. The van der Waals surface area contributed by atoms with Gasteiger partial charge in [0.25, 0.3) is 11.6 Å². The normalized spacial score (nSPS) is 10.4. The van der Waals surface area contributed by atoms with Gasteiger partial charge in [0, 0.05) is 6.07 Å². The molecule has 0 saturated carbocycles. The Hall–Kier alpha value is -3.81. The second-order valence-corrected chi connectivity index (χ2v) is 5.78. The molecule has 0 radical (unpaired) electrons. The first kappa shape index (κ1) is 18.0. The molecule has 0 aliphatic carbocycles. The van der Waals surface area contributed by atoms with Gasteiger partial charge >= 0.3 is 0 Å². The van der Waals surface area contributed by atoms with Crippen molar-refractivity contribution in [3.8, 4) is 11.5 Å². The molecule has 0 fully saturated rings. The Morgan fingerprint density at radius 1 is 1.22 bits per heavy atom. The van der Waals surface area contributed by atoms with Gasteiger partial charge in [0.15, 0.2) is 5.76 Å². The molecule has 0 saturated heterocycles. The van der Waals surface area contributed by atoms with Gasteiger partial charge in [-0.1, -0.05) is 12.1 Å². The summed E-state index contributed by atoms with van der Waals surface area (Å²) in [5, 5.41) is 22.9. The number of furan rings is 1. The fraction of sp³-hybridized carbons (Fsp3) is 0.105. The third-order valence-corrected chi connectivity index (χ3v) is 3.70. The summed E-state index contributed by atoms with van der Waals surface area (Å²) in [5.41, 5.74) is 0.827. The number of non-ortho nitro benzene ring substituents is 1. The maximum atomic E-state index is 12.2. The molecular weight excluding hydrogens is 352 g/mol. The van der Waals surface area contributed by atoms with Gasteiger partial charge < -0.3 is 19.6 Å². The molecule has 138 valence electrons. The van der Waals surface area contributed by atoms with Gasteiger partial charge in [-0.2, -0.15) is 0 Å². The Morgan fingerprint density at radius 3 is 2.74 bits per heavy atom. The maximum Gasteiger partial charge on any atom is 0.291 e. The van der Waals surface area contributed by atoms with Crippen LogP contribution in [0.25, 0.3) is 0 Å². The van der Waals surface area contributed by atoms with Crippen LogP contribution in [0.2, 0.25) is 0 Å². The Morgan fingerprint density at radius 2 is 2.04 bits per heavy atom. The molecule has 2 N–H and O–H groups in total. The zero-order chi connectivity index (χ0) is 19.4. The molecule has 1 amide bonds. The summed E-state index contributed by atoms with van der Waals surface area (Å²) in [4.78, 5) is 22.3. The van der Waals surface area contributed by atoms with Crippen LogP contribution in [0.1, 0.15) is 21.9 Å². The fourth-order valence-corrected chi connectivity index (χ4v) is 2.36. The van der Waals surface area contributed by atoms with E-state index in [0.717, 1.165) is 11.6 Å². The molecule has 0 unspecified atom stereocenters. The van der Waals surface area contributed by atoms with E-state index in [1.165, 1.54) is 18.2 Å². The molecule has 8 nitrogen and oxygen atoms in total. The molecule has 3 aromatic rings. The molecule has 1 aromatic heterocycles. The Labute approximate surface area is 154 Å². The van der Waals surface area contributed by atoms with Crippen LogP contribution in [0.5, 0.6) is 11.5 Å². The predicted molar refractivity (Wildman–Crippen MR) is 96.9 cm³/mol. The van der Waals surface area contributed by atoms with Gasteiger partial charge in [0.2, 0.25) is 0 Å². The third kappa shape index (κ3) is 4.43. The number of hydrogen-bond acceptors (Lipinski definition) is 6. The van der Waals surface area contributed by atoms with Crippen molar-refractivity contribution < 1.29 is 24.0 Å². The average molecular weight is 368 g/mol. The van der Waals surface area contributed by atoms with Crippen LogP contribution in [0, 0.1) is 17.0 Å². The van der Waals surface area contributed by atoms with Crippen molar-refractivity contribution in [2.45, 2.75) is 13.5 Å². The van der Waals surface area contributed by atoms with Crippen LogP contribution in [0.4, 0.5) is 11.4 Å². The highest BCUT2D eigenvalue weighted by Crippen LogP contribution is 2.28. The third-order valence-electron chi connectivity index (χ3n) is 3.70. The number of nitrogens with zero attached hydrogens (tertiary/aromatic N) is 1. The SMILES string of the molecule is Cc1cccc(OCc2ccc(C(=O)Nc3ccc([N+](=O)[O-])cc3O)o2)c1. The van der Waals surface area contributed by atoms with Gasteiger partial charge in [-0.05, 0) is 42.8 Å². The van der Waals surface area contributed by atoms with Crippen LogP contribution in [0.3, 0.4) is 0 Å². The van der Waals surface area contributed by atoms with Crippen molar-refractivity contribution in [1.82, 2.24) is 0 Å². The minimum Gasteiger partial charge on any atom is -0.506 e. The van der Waals surface area contributed by atoms with Crippen LogP contribution in [-0.4, -0.2) is 15.9 Å². The van der Waals surface area contributed by atoms with Gasteiger partial charge in [0.05, 0.1) is 16.7 Å². The number of phenolic OH excluding ortho intramolecular Hbond substituents is 1. The smallest absolute Gasteiger partial charge is 0.291 e. The minimum absolute atomic E-state index is 0.0237. The zero-order valence-electron chi connectivity index (χ0n) is 14.3. The largest absolute Gasteiger partial charge is 0.506 e. The van der Waals surface area contributed by atoms with Crippen molar-refractivity contribution in [3.05, 3.63) is 81.8 Å². The number of nitrogens with one attached hydrogen (secondary N) is 1.